The zero-order valence-electron chi connectivity index (χ0n) is 16.0. The van der Waals surface area contributed by atoms with Gasteiger partial charge in [-0.25, -0.2) is 28.5 Å². The number of nitrogens with one attached hydrogen (secondary N) is 1. The summed E-state index contributed by atoms with van der Waals surface area (Å²) in [5.74, 6) is -0.302. The highest BCUT2D eigenvalue weighted by molar-refractivity contribution is 9.10. The quantitative estimate of drug-likeness (QED) is 0.309. The van der Waals surface area contributed by atoms with E-state index in [1.54, 1.807) is 12.1 Å². The molecule has 0 saturated heterocycles. The first kappa shape index (κ1) is 24.1. The molecule has 0 unspecified atom stereocenters. The third-order valence-electron chi connectivity index (χ3n) is 3.46. The Kier molecular flexibility index (Phi) is 9.06. The summed E-state index contributed by atoms with van der Waals surface area (Å²) in [4.78, 5) is 24.7. The minimum Gasteiger partial charge on any atom is -0.464 e. The second kappa shape index (κ2) is 11.3. The summed E-state index contributed by atoms with van der Waals surface area (Å²) < 4.78 is 41.5. The molecule has 0 amide bonds. The van der Waals surface area contributed by atoms with Gasteiger partial charge in [-0.05, 0) is 30.5 Å². The molecule has 12 heteroatoms. The molecule has 0 aliphatic carbocycles. The van der Waals surface area contributed by atoms with Crippen LogP contribution in [0.2, 0.25) is 0 Å². The van der Waals surface area contributed by atoms with Gasteiger partial charge < -0.3 is 10.1 Å². The predicted octanol–water partition coefficient (Wildman–Crippen LogP) is 6.14. The largest absolute Gasteiger partial charge is 0.464 e. The van der Waals surface area contributed by atoms with Gasteiger partial charge in [-0.3, -0.25) is 4.39 Å². The molecule has 2 heterocycles. The molecule has 0 bridgehead atoms. The van der Waals surface area contributed by atoms with Gasteiger partial charge in [0.25, 0.3) is 6.43 Å². The van der Waals surface area contributed by atoms with Crippen molar-refractivity contribution in [2.45, 2.75) is 10.6 Å². The number of halogens is 4. The molecular weight excluding hydrogens is 505 g/mol. The highest BCUT2D eigenvalue weighted by Gasteiger charge is 2.20. The van der Waals surface area contributed by atoms with Gasteiger partial charge in [0.1, 0.15) is 10.7 Å². The summed E-state index contributed by atoms with van der Waals surface area (Å²) in [5, 5.41) is 3.44. The van der Waals surface area contributed by atoms with Crippen LogP contribution < -0.4 is 5.32 Å². The first-order chi connectivity index (χ1) is 14.4. The lowest BCUT2D eigenvalue weighted by atomic mass is 10.2. The highest BCUT2D eigenvalue weighted by atomic mass is 79.9. The number of rotatable bonds is 6. The van der Waals surface area contributed by atoms with E-state index < -0.39 is 12.4 Å². The number of ether oxygens (including phenoxy) is 1. The molecule has 0 atom stereocenters. The fourth-order valence-electron chi connectivity index (χ4n) is 2.26. The minimum absolute atomic E-state index is 0.125. The molecule has 30 heavy (non-hydrogen) atoms. The molecule has 0 spiro atoms. The average molecular weight is 521 g/mol. The lowest BCUT2D eigenvalue weighted by Gasteiger charge is -2.08. The van der Waals surface area contributed by atoms with Crippen molar-refractivity contribution in [3.05, 3.63) is 46.2 Å². The molecule has 0 aliphatic heterocycles. The third-order valence-corrected chi connectivity index (χ3v) is 6.11. The van der Waals surface area contributed by atoms with E-state index in [0.717, 1.165) is 0 Å². The Balaban J connectivity index is 0.00000155. The number of thioether (sulfide) groups is 1. The van der Waals surface area contributed by atoms with Crippen molar-refractivity contribution < 1.29 is 22.7 Å². The van der Waals surface area contributed by atoms with Gasteiger partial charge in [-0.15, -0.1) is 23.1 Å². The van der Waals surface area contributed by atoms with E-state index in [1.807, 2.05) is 6.26 Å². The topological polar surface area (TPSA) is 77.0 Å². The molecule has 0 fully saturated rings. The number of methoxy groups -OCH3 is 1. The van der Waals surface area contributed by atoms with Gasteiger partial charge in [0.05, 0.1) is 18.5 Å². The number of benzene rings is 1. The number of alkyl halides is 3. The molecule has 3 rings (SSSR count). The first-order valence-electron chi connectivity index (χ1n) is 8.11. The molecule has 0 saturated carbocycles. The van der Waals surface area contributed by atoms with E-state index in [1.165, 1.54) is 48.5 Å². The van der Waals surface area contributed by atoms with Gasteiger partial charge in [0.15, 0.2) is 5.69 Å². The van der Waals surface area contributed by atoms with Crippen LogP contribution in [0.4, 0.5) is 24.8 Å². The van der Waals surface area contributed by atoms with E-state index in [-0.39, 0.29) is 17.2 Å². The van der Waals surface area contributed by atoms with Gasteiger partial charge in [-0.2, -0.15) is 0 Å². The SMILES string of the molecule is CF.COC(=O)c1nc(-c2ccnc(Nc3cc(Br)cc(C(F)F)c3)n2)sc1SC. The first-order valence-corrected chi connectivity index (χ1v) is 10.9. The van der Waals surface area contributed by atoms with Crippen molar-refractivity contribution in [2.75, 3.05) is 25.9 Å². The van der Waals surface area contributed by atoms with E-state index >= 15 is 0 Å². The Hall–Kier alpha value is -2.18. The Bertz CT molecular complexity index is 1020. The molecule has 2 aromatic heterocycles. The highest BCUT2D eigenvalue weighted by Crippen LogP contribution is 2.34. The molecule has 3 aromatic rings. The number of carbonyl (C=O) groups excluding carboxylic acids is 1. The summed E-state index contributed by atoms with van der Waals surface area (Å²) in [7, 11) is 1.80. The fourth-order valence-corrected chi connectivity index (χ4v) is 4.42. The van der Waals surface area contributed by atoms with Crippen LogP contribution in [0.25, 0.3) is 10.7 Å². The number of hydrogen-bond acceptors (Lipinski definition) is 8. The number of esters is 1. The number of hydrogen-bond donors (Lipinski definition) is 1. The van der Waals surface area contributed by atoms with Gasteiger partial charge in [-0.1, -0.05) is 15.9 Å². The Morgan fingerprint density at radius 2 is 2.00 bits per heavy atom. The molecule has 0 radical (unpaired) electrons. The van der Waals surface area contributed by atoms with Crippen LogP contribution >= 0.6 is 39.0 Å². The van der Waals surface area contributed by atoms with Crippen LogP contribution in [-0.2, 0) is 4.74 Å². The number of nitrogens with zero attached hydrogens (tertiary/aromatic N) is 3. The zero-order chi connectivity index (χ0) is 22.3. The van der Waals surface area contributed by atoms with Gasteiger partial charge >= 0.3 is 5.97 Å². The smallest absolute Gasteiger partial charge is 0.358 e. The predicted molar refractivity (Wildman–Crippen MR) is 116 cm³/mol. The maximum Gasteiger partial charge on any atom is 0.358 e. The Morgan fingerprint density at radius 3 is 2.63 bits per heavy atom. The monoisotopic (exact) mass is 520 g/mol. The lowest BCUT2D eigenvalue weighted by Crippen LogP contribution is -2.03. The van der Waals surface area contributed by atoms with Crippen LogP contribution in [0.3, 0.4) is 0 Å². The van der Waals surface area contributed by atoms with Crippen molar-refractivity contribution in [2.24, 2.45) is 0 Å². The second-order valence-corrected chi connectivity index (χ2v) is 8.30. The maximum absolute atomic E-state index is 13.0. The summed E-state index contributed by atoms with van der Waals surface area (Å²) in [5.41, 5.74) is 1.02. The number of thiazole rings is 1. The van der Waals surface area contributed by atoms with Crippen LogP contribution in [-0.4, -0.2) is 41.5 Å². The molecule has 1 aromatic carbocycles. The van der Waals surface area contributed by atoms with Crippen molar-refractivity contribution in [1.82, 2.24) is 15.0 Å². The second-order valence-electron chi connectivity index (χ2n) is 5.32. The zero-order valence-corrected chi connectivity index (χ0v) is 19.2. The van der Waals surface area contributed by atoms with Crippen molar-refractivity contribution in [1.29, 1.82) is 0 Å². The molecule has 160 valence electrons. The normalized spacial score (nSPS) is 10.4. The summed E-state index contributed by atoms with van der Waals surface area (Å²) in [6.45, 7) is 0. The number of anilines is 2. The van der Waals surface area contributed by atoms with E-state index in [0.29, 0.717) is 32.2 Å². The summed E-state index contributed by atoms with van der Waals surface area (Å²) in [6.07, 6.45) is 0.765. The Morgan fingerprint density at radius 1 is 1.27 bits per heavy atom. The molecule has 0 aliphatic rings. The van der Waals surface area contributed by atoms with E-state index in [2.05, 4.69) is 36.2 Å². The van der Waals surface area contributed by atoms with Crippen molar-refractivity contribution >= 4 is 56.6 Å². The summed E-state index contributed by atoms with van der Waals surface area (Å²) >= 11 is 5.91. The molecular formula is C18H16BrF3N4O2S2. The van der Waals surface area contributed by atoms with Gasteiger partial charge in [0.2, 0.25) is 5.95 Å². The fraction of sp³-hybridized carbons (Fsp3) is 0.222. The van der Waals surface area contributed by atoms with Gasteiger partial charge in [0, 0.05) is 21.9 Å². The molecule has 1 N–H and O–H groups in total. The third kappa shape index (κ3) is 5.92. The minimum atomic E-state index is -2.60. The number of carbonyl (C=O) groups is 1. The standard InChI is InChI=1S/C17H13BrF2N4O2S2.CH3F/c1-26-15(25)12-16(27-2)28-14(24-12)11-3-4-21-17(23-11)22-10-6-8(13(19)20)5-9(18)7-10;1-2/h3-7,13H,1-2H3,(H,21,22,23);1H3. The lowest BCUT2D eigenvalue weighted by molar-refractivity contribution is 0.0591. The van der Waals surface area contributed by atoms with Crippen molar-refractivity contribution in [3.8, 4) is 10.7 Å². The summed E-state index contributed by atoms with van der Waals surface area (Å²) in [6, 6.07) is 5.98. The van der Waals surface area contributed by atoms with E-state index in [4.69, 9.17) is 4.74 Å². The van der Waals surface area contributed by atoms with Crippen LogP contribution in [0, 0.1) is 0 Å². The van der Waals surface area contributed by atoms with Crippen LogP contribution in [0.1, 0.15) is 22.5 Å². The Labute approximate surface area is 187 Å². The van der Waals surface area contributed by atoms with E-state index in [9.17, 15) is 18.0 Å². The average Bonchev–Trinajstić information content (AvgIpc) is 3.19. The number of aromatic nitrogens is 3. The van der Waals surface area contributed by atoms with Crippen LogP contribution in [0.15, 0.2) is 39.1 Å². The van der Waals surface area contributed by atoms with Crippen molar-refractivity contribution in [3.63, 3.8) is 0 Å². The maximum atomic E-state index is 13.0. The van der Waals surface area contributed by atoms with Crippen LogP contribution in [0.5, 0.6) is 0 Å². The molecule has 6 nitrogen and oxygen atoms in total.